The normalized spacial score (nSPS) is 17.8. The van der Waals surface area contributed by atoms with Crippen LogP contribution in [-0.2, 0) is 16.1 Å². The van der Waals surface area contributed by atoms with Crippen LogP contribution < -0.4 is 4.74 Å². The summed E-state index contributed by atoms with van der Waals surface area (Å²) in [5, 5.41) is 8.05. The highest BCUT2D eigenvalue weighted by Gasteiger charge is 2.28. The van der Waals surface area contributed by atoms with Gasteiger partial charge in [0, 0.05) is 13.1 Å². The molecule has 7 nitrogen and oxygen atoms in total. The molecule has 1 unspecified atom stereocenters. The predicted octanol–water partition coefficient (Wildman–Crippen LogP) is 1.59. The minimum Gasteiger partial charge on any atom is -0.484 e. The van der Waals surface area contributed by atoms with Crippen LogP contribution in [0.4, 0.5) is 0 Å². The van der Waals surface area contributed by atoms with E-state index in [0.29, 0.717) is 25.4 Å². The molecule has 2 heterocycles. The van der Waals surface area contributed by atoms with Gasteiger partial charge >= 0.3 is 0 Å². The Bertz CT molecular complexity index is 701. The third kappa shape index (κ3) is 3.73. The first-order valence-electron chi connectivity index (χ1n) is 8.14. The van der Waals surface area contributed by atoms with Gasteiger partial charge in [0.25, 0.3) is 5.91 Å². The van der Waals surface area contributed by atoms with Gasteiger partial charge in [-0.3, -0.25) is 4.79 Å². The van der Waals surface area contributed by atoms with Crippen LogP contribution in [0.2, 0.25) is 0 Å². The molecular weight excluding hydrogens is 308 g/mol. The van der Waals surface area contributed by atoms with Crippen molar-refractivity contribution in [3.05, 3.63) is 42.0 Å². The molecule has 128 valence electrons. The molecule has 7 heteroatoms. The first-order valence-corrected chi connectivity index (χ1v) is 8.14. The highest BCUT2D eigenvalue weighted by Crippen LogP contribution is 2.21. The predicted molar refractivity (Wildman–Crippen MR) is 87.6 cm³/mol. The minimum absolute atomic E-state index is 0.0244. The lowest BCUT2D eigenvalue weighted by Crippen LogP contribution is -2.44. The summed E-state index contributed by atoms with van der Waals surface area (Å²) in [4.78, 5) is 14.2. The van der Waals surface area contributed by atoms with E-state index in [-0.39, 0.29) is 18.6 Å². The number of carbonyl (C=O) groups excluding carboxylic acids is 1. The van der Waals surface area contributed by atoms with E-state index in [0.717, 1.165) is 17.9 Å². The summed E-state index contributed by atoms with van der Waals surface area (Å²) in [6.45, 7) is 6.32. The van der Waals surface area contributed by atoms with Crippen molar-refractivity contribution in [3.8, 4) is 5.75 Å². The first-order chi connectivity index (χ1) is 11.7. The number of amides is 1. The van der Waals surface area contributed by atoms with E-state index in [9.17, 15) is 4.79 Å². The van der Waals surface area contributed by atoms with Gasteiger partial charge in [-0.1, -0.05) is 12.1 Å². The van der Waals surface area contributed by atoms with Gasteiger partial charge in [0.15, 0.2) is 12.4 Å². The Morgan fingerprint density at radius 1 is 1.46 bits per heavy atom. The number of morpholine rings is 1. The van der Waals surface area contributed by atoms with Crippen molar-refractivity contribution in [2.45, 2.75) is 26.5 Å². The summed E-state index contributed by atoms with van der Waals surface area (Å²) in [5.41, 5.74) is 1.10. The number of hydrogen-bond acceptors (Lipinski definition) is 5. The molecule has 24 heavy (non-hydrogen) atoms. The number of rotatable bonds is 5. The van der Waals surface area contributed by atoms with Crippen LogP contribution in [-0.4, -0.2) is 51.9 Å². The Labute approximate surface area is 141 Å². The van der Waals surface area contributed by atoms with Gasteiger partial charge in [-0.15, -0.1) is 10.2 Å². The lowest BCUT2D eigenvalue weighted by atomic mass is 10.2. The Kier molecular flexibility index (Phi) is 5.10. The van der Waals surface area contributed by atoms with Crippen LogP contribution in [0.25, 0.3) is 0 Å². The monoisotopic (exact) mass is 330 g/mol. The summed E-state index contributed by atoms with van der Waals surface area (Å²) in [7, 11) is 0. The molecule has 1 fully saturated rings. The molecule has 3 rings (SSSR count). The van der Waals surface area contributed by atoms with Gasteiger partial charge < -0.3 is 18.9 Å². The number of aromatic nitrogens is 3. The van der Waals surface area contributed by atoms with Crippen LogP contribution in [0.5, 0.6) is 5.75 Å². The van der Waals surface area contributed by atoms with Gasteiger partial charge in [-0.2, -0.15) is 0 Å². The van der Waals surface area contributed by atoms with Crippen molar-refractivity contribution in [3.63, 3.8) is 0 Å². The molecule has 0 spiro atoms. The highest BCUT2D eigenvalue weighted by atomic mass is 16.5. The lowest BCUT2D eigenvalue weighted by molar-refractivity contribution is -0.141. The fourth-order valence-corrected chi connectivity index (χ4v) is 2.73. The molecule has 0 N–H and O–H groups in total. The number of ether oxygens (including phenoxy) is 2. The van der Waals surface area contributed by atoms with Crippen LogP contribution in [0.3, 0.4) is 0 Å². The summed E-state index contributed by atoms with van der Waals surface area (Å²) < 4.78 is 13.3. The average molecular weight is 330 g/mol. The number of benzene rings is 1. The summed E-state index contributed by atoms with van der Waals surface area (Å²) in [5.74, 6) is 1.42. The zero-order chi connectivity index (χ0) is 16.9. The van der Waals surface area contributed by atoms with Gasteiger partial charge in [-0.05, 0) is 31.5 Å². The molecular formula is C17H22N4O3. The molecule has 0 saturated carbocycles. The van der Waals surface area contributed by atoms with Gasteiger partial charge in [0.2, 0.25) is 0 Å². The Morgan fingerprint density at radius 3 is 3.12 bits per heavy atom. The van der Waals surface area contributed by atoms with E-state index >= 15 is 0 Å². The first kappa shape index (κ1) is 16.4. The van der Waals surface area contributed by atoms with E-state index in [1.54, 1.807) is 11.2 Å². The molecule has 0 radical (unpaired) electrons. The van der Waals surface area contributed by atoms with Crippen molar-refractivity contribution < 1.29 is 14.3 Å². The van der Waals surface area contributed by atoms with E-state index in [2.05, 4.69) is 10.2 Å². The van der Waals surface area contributed by atoms with E-state index < -0.39 is 0 Å². The fourth-order valence-electron chi connectivity index (χ4n) is 2.73. The van der Waals surface area contributed by atoms with Gasteiger partial charge in [0.1, 0.15) is 18.2 Å². The second kappa shape index (κ2) is 7.44. The van der Waals surface area contributed by atoms with Gasteiger partial charge in [0.05, 0.1) is 13.2 Å². The number of hydrogen-bond donors (Lipinski definition) is 0. The molecule has 1 aliphatic heterocycles. The minimum atomic E-state index is -0.246. The van der Waals surface area contributed by atoms with Crippen LogP contribution >= 0.6 is 0 Å². The standard InChI is InChI=1S/C17H22N4O3/c1-3-20-12-18-19-17(20)15-10-21(7-8-23-15)16(22)11-24-14-6-4-5-13(2)9-14/h4-6,9,12,15H,3,7-8,10-11H2,1-2H3. The highest BCUT2D eigenvalue weighted by molar-refractivity contribution is 5.77. The average Bonchev–Trinajstić information content (AvgIpc) is 3.08. The van der Waals surface area contributed by atoms with Crippen molar-refractivity contribution in [1.82, 2.24) is 19.7 Å². The zero-order valence-electron chi connectivity index (χ0n) is 14.0. The number of carbonyl (C=O) groups is 1. The molecule has 0 bridgehead atoms. The summed E-state index contributed by atoms with van der Waals surface area (Å²) in [6.07, 6.45) is 1.43. The van der Waals surface area contributed by atoms with Crippen LogP contribution in [0, 0.1) is 6.92 Å². The van der Waals surface area contributed by atoms with E-state index in [1.165, 1.54) is 0 Å². The molecule has 1 atom stereocenters. The molecule has 1 aliphatic rings. The second-order valence-electron chi connectivity index (χ2n) is 5.78. The molecule has 2 aromatic rings. The van der Waals surface area contributed by atoms with E-state index in [1.807, 2.05) is 42.7 Å². The molecule has 1 aromatic carbocycles. The lowest BCUT2D eigenvalue weighted by Gasteiger charge is -2.32. The largest absolute Gasteiger partial charge is 0.484 e. The third-order valence-electron chi connectivity index (χ3n) is 4.05. The zero-order valence-corrected chi connectivity index (χ0v) is 14.0. The Balaban J connectivity index is 1.59. The van der Waals surface area contributed by atoms with Crippen molar-refractivity contribution in [2.24, 2.45) is 0 Å². The second-order valence-corrected chi connectivity index (χ2v) is 5.78. The van der Waals surface area contributed by atoms with Gasteiger partial charge in [-0.25, -0.2) is 0 Å². The SMILES string of the molecule is CCn1cnnc1C1CN(C(=O)COc2cccc(C)c2)CCO1. The molecule has 1 amide bonds. The topological polar surface area (TPSA) is 69.5 Å². The number of aryl methyl sites for hydroxylation is 2. The smallest absolute Gasteiger partial charge is 0.260 e. The number of nitrogens with zero attached hydrogens (tertiary/aromatic N) is 4. The molecule has 1 saturated heterocycles. The van der Waals surface area contributed by atoms with Crippen LogP contribution in [0.1, 0.15) is 24.4 Å². The van der Waals surface area contributed by atoms with Crippen LogP contribution in [0.15, 0.2) is 30.6 Å². The quantitative estimate of drug-likeness (QED) is 0.832. The maximum atomic E-state index is 12.4. The van der Waals surface area contributed by atoms with Crippen molar-refractivity contribution >= 4 is 5.91 Å². The fraction of sp³-hybridized carbons (Fsp3) is 0.471. The Morgan fingerprint density at radius 2 is 2.33 bits per heavy atom. The Hall–Kier alpha value is -2.41. The molecule has 1 aromatic heterocycles. The maximum Gasteiger partial charge on any atom is 0.260 e. The van der Waals surface area contributed by atoms with Crippen molar-refractivity contribution in [1.29, 1.82) is 0 Å². The maximum absolute atomic E-state index is 12.4. The summed E-state index contributed by atoms with van der Waals surface area (Å²) in [6, 6.07) is 7.67. The van der Waals surface area contributed by atoms with E-state index in [4.69, 9.17) is 9.47 Å². The summed E-state index contributed by atoms with van der Waals surface area (Å²) >= 11 is 0. The van der Waals surface area contributed by atoms with Crippen molar-refractivity contribution in [2.75, 3.05) is 26.3 Å². The molecule has 0 aliphatic carbocycles. The third-order valence-corrected chi connectivity index (χ3v) is 4.05.